The van der Waals surface area contributed by atoms with Gasteiger partial charge in [-0.05, 0) is 54.5 Å². The molecule has 1 aliphatic rings. The predicted octanol–water partition coefficient (Wildman–Crippen LogP) is 6.12. The van der Waals surface area contributed by atoms with E-state index < -0.39 is 0 Å². The maximum absolute atomic E-state index is 13.5. The summed E-state index contributed by atoms with van der Waals surface area (Å²) in [4.78, 5) is 15.4. The molecule has 7 heteroatoms. The van der Waals surface area contributed by atoms with Gasteiger partial charge in [0.15, 0.2) is 0 Å². The molecule has 4 aromatic rings. The number of benzene rings is 3. The lowest BCUT2D eigenvalue weighted by molar-refractivity contribution is -0.122. The Kier molecular flexibility index (Phi) is 6.38. The summed E-state index contributed by atoms with van der Waals surface area (Å²) in [6.07, 6.45) is 4.44. The minimum Gasteiger partial charge on any atom is -0.293 e. The maximum atomic E-state index is 13.5. The van der Waals surface area contributed by atoms with Crippen LogP contribution in [0.5, 0.6) is 0 Å². The number of aromatic nitrogens is 2. The molecular weight excluding hydrogens is 465 g/mol. The maximum Gasteiger partial charge on any atom is 0.266 e. The molecule has 5 rings (SSSR count). The molecule has 34 heavy (non-hydrogen) atoms. The number of carbonyl (C=O) groups excluding carboxylic acids is 1. The second-order valence-electron chi connectivity index (χ2n) is 7.79. The van der Waals surface area contributed by atoms with Gasteiger partial charge in [0.05, 0.1) is 16.3 Å². The van der Waals surface area contributed by atoms with Crippen molar-refractivity contribution in [3.8, 4) is 16.9 Å². The van der Waals surface area contributed by atoms with Crippen molar-refractivity contribution >= 4 is 40.3 Å². The van der Waals surface area contributed by atoms with E-state index in [0.29, 0.717) is 21.5 Å². The van der Waals surface area contributed by atoms with Gasteiger partial charge in [-0.2, -0.15) is 5.10 Å². The van der Waals surface area contributed by atoms with Gasteiger partial charge in [0, 0.05) is 23.9 Å². The van der Waals surface area contributed by atoms with Crippen molar-refractivity contribution in [2.75, 3.05) is 6.54 Å². The van der Waals surface area contributed by atoms with E-state index in [0.717, 1.165) is 28.8 Å². The van der Waals surface area contributed by atoms with E-state index in [1.165, 1.54) is 23.9 Å². The third-order valence-corrected chi connectivity index (χ3v) is 6.89. The second kappa shape index (κ2) is 9.75. The number of hydrogen-bond acceptors (Lipinski definition) is 4. The third kappa shape index (κ3) is 4.71. The van der Waals surface area contributed by atoms with Crippen LogP contribution in [0.25, 0.3) is 23.0 Å². The second-order valence-corrected chi connectivity index (χ2v) is 9.46. The Balaban J connectivity index is 1.47. The van der Waals surface area contributed by atoms with Crippen molar-refractivity contribution in [1.82, 2.24) is 14.7 Å². The number of halogens is 1. The highest BCUT2D eigenvalue weighted by atomic mass is 32.2. The first kappa shape index (κ1) is 22.3. The molecule has 1 saturated heterocycles. The van der Waals surface area contributed by atoms with Gasteiger partial charge in [0.25, 0.3) is 5.91 Å². The molecule has 1 fully saturated rings. The van der Waals surface area contributed by atoms with Crippen LogP contribution in [0.3, 0.4) is 0 Å². The summed E-state index contributed by atoms with van der Waals surface area (Å²) in [5, 5.41) is 4.74. The van der Waals surface area contributed by atoms with Crippen LogP contribution in [0.1, 0.15) is 11.1 Å². The minimum absolute atomic E-state index is 0.108. The van der Waals surface area contributed by atoms with Crippen molar-refractivity contribution in [3.63, 3.8) is 0 Å². The quantitative estimate of drug-likeness (QED) is 0.244. The number of thioether (sulfide) groups is 1. The average molecular weight is 486 g/mol. The van der Waals surface area contributed by atoms with Gasteiger partial charge in [0.2, 0.25) is 0 Å². The molecular formula is C27H20FN3OS2. The Hall–Kier alpha value is -3.55. The van der Waals surface area contributed by atoms with Gasteiger partial charge in [-0.15, -0.1) is 0 Å². The lowest BCUT2D eigenvalue weighted by atomic mass is 10.1. The molecule has 1 aliphatic heterocycles. The number of hydrogen-bond donors (Lipinski definition) is 0. The van der Waals surface area contributed by atoms with Crippen LogP contribution < -0.4 is 0 Å². The van der Waals surface area contributed by atoms with Crippen LogP contribution in [0.15, 0.2) is 96.0 Å². The van der Waals surface area contributed by atoms with Gasteiger partial charge in [-0.25, -0.2) is 9.07 Å². The molecule has 1 amide bonds. The highest BCUT2D eigenvalue weighted by molar-refractivity contribution is 8.26. The van der Waals surface area contributed by atoms with Crippen molar-refractivity contribution in [2.45, 2.75) is 6.42 Å². The molecule has 2 heterocycles. The van der Waals surface area contributed by atoms with Crippen LogP contribution in [0.2, 0.25) is 0 Å². The van der Waals surface area contributed by atoms with Gasteiger partial charge in [-0.1, -0.05) is 72.5 Å². The van der Waals surface area contributed by atoms with Gasteiger partial charge < -0.3 is 0 Å². The molecule has 0 spiro atoms. The Morgan fingerprint density at radius 3 is 2.32 bits per heavy atom. The monoisotopic (exact) mass is 485 g/mol. The normalized spacial score (nSPS) is 14.9. The van der Waals surface area contributed by atoms with Crippen molar-refractivity contribution in [3.05, 3.63) is 113 Å². The molecule has 0 bridgehead atoms. The van der Waals surface area contributed by atoms with E-state index in [1.54, 1.807) is 21.7 Å². The van der Waals surface area contributed by atoms with Gasteiger partial charge >= 0.3 is 0 Å². The topological polar surface area (TPSA) is 38.1 Å². The predicted molar refractivity (Wildman–Crippen MR) is 139 cm³/mol. The third-order valence-electron chi connectivity index (χ3n) is 5.51. The fourth-order valence-electron chi connectivity index (χ4n) is 3.76. The molecule has 0 unspecified atom stereocenters. The zero-order valence-corrected chi connectivity index (χ0v) is 19.7. The molecule has 168 valence electrons. The van der Waals surface area contributed by atoms with E-state index in [1.807, 2.05) is 72.9 Å². The number of thiocarbonyl (C=S) groups is 1. The summed E-state index contributed by atoms with van der Waals surface area (Å²) < 4.78 is 15.8. The summed E-state index contributed by atoms with van der Waals surface area (Å²) in [7, 11) is 0. The smallest absolute Gasteiger partial charge is 0.266 e. The highest BCUT2D eigenvalue weighted by Crippen LogP contribution is 2.35. The summed E-state index contributed by atoms with van der Waals surface area (Å²) in [5.74, 6) is -0.421. The first-order valence-electron chi connectivity index (χ1n) is 10.8. The van der Waals surface area contributed by atoms with Gasteiger partial charge in [0.1, 0.15) is 10.1 Å². The summed E-state index contributed by atoms with van der Waals surface area (Å²) in [6.45, 7) is 0.528. The first-order chi connectivity index (χ1) is 16.6. The Morgan fingerprint density at radius 2 is 1.62 bits per heavy atom. The highest BCUT2D eigenvalue weighted by Gasteiger charge is 2.32. The molecule has 0 atom stereocenters. The number of nitrogens with zero attached hydrogens (tertiary/aromatic N) is 3. The molecule has 0 radical (unpaired) electrons. The first-order valence-corrected chi connectivity index (χ1v) is 12.0. The van der Waals surface area contributed by atoms with Crippen LogP contribution in [0.4, 0.5) is 4.39 Å². The Bertz CT molecular complexity index is 1370. The number of rotatable bonds is 6. The fourth-order valence-corrected chi connectivity index (χ4v) is 5.06. The van der Waals surface area contributed by atoms with Crippen LogP contribution in [0, 0.1) is 5.82 Å². The van der Waals surface area contributed by atoms with E-state index in [2.05, 4.69) is 0 Å². The standard InChI is InChI=1S/C27H20FN3OS2/c28-22-13-11-20(12-14-22)25-21(18-31(29-25)23-9-5-2-6-10-23)17-24-26(32)30(27(33)34-24)16-15-19-7-3-1-4-8-19/h1-14,17-18H,15-16H2/b24-17-. The Morgan fingerprint density at radius 1 is 0.941 bits per heavy atom. The van der Waals surface area contributed by atoms with Crippen LogP contribution in [-0.4, -0.2) is 31.5 Å². The average Bonchev–Trinajstić information content (AvgIpc) is 3.40. The van der Waals surface area contributed by atoms with E-state index in [-0.39, 0.29) is 11.7 Å². The van der Waals surface area contributed by atoms with Crippen molar-refractivity contribution in [2.24, 2.45) is 0 Å². The molecule has 0 saturated carbocycles. The largest absolute Gasteiger partial charge is 0.293 e. The van der Waals surface area contributed by atoms with Crippen LogP contribution >= 0.6 is 24.0 Å². The van der Waals surface area contributed by atoms with E-state index in [9.17, 15) is 9.18 Å². The molecule has 0 aliphatic carbocycles. The molecule has 4 nitrogen and oxygen atoms in total. The SMILES string of the molecule is O=C1/C(=C/c2cn(-c3ccccc3)nc2-c2ccc(F)cc2)SC(=S)N1CCc1ccccc1. The fraction of sp³-hybridized carbons (Fsp3) is 0.0741. The minimum atomic E-state index is -0.313. The van der Waals surface area contributed by atoms with E-state index in [4.69, 9.17) is 17.3 Å². The number of carbonyl (C=O) groups is 1. The van der Waals surface area contributed by atoms with Crippen molar-refractivity contribution < 1.29 is 9.18 Å². The summed E-state index contributed by atoms with van der Waals surface area (Å²) >= 11 is 6.81. The lowest BCUT2D eigenvalue weighted by Crippen LogP contribution is -2.30. The molecule has 1 aromatic heterocycles. The summed E-state index contributed by atoms with van der Waals surface area (Å²) in [5.41, 5.74) is 4.24. The van der Waals surface area contributed by atoms with Crippen LogP contribution in [-0.2, 0) is 11.2 Å². The van der Waals surface area contributed by atoms with Gasteiger partial charge in [-0.3, -0.25) is 9.69 Å². The lowest BCUT2D eigenvalue weighted by Gasteiger charge is -2.14. The summed E-state index contributed by atoms with van der Waals surface area (Å²) in [6, 6.07) is 25.9. The molecule has 3 aromatic carbocycles. The Labute approximate surface area is 206 Å². The molecule has 0 N–H and O–H groups in total. The van der Waals surface area contributed by atoms with Crippen molar-refractivity contribution in [1.29, 1.82) is 0 Å². The zero-order chi connectivity index (χ0) is 23.5. The zero-order valence-electron chi connectivity index (χ0n) is 18.1. The van der Waals surface area contributed by atoms with E-state index >= 15 is 0 Å². The number of amides is 1. The number of para-hydroxylation sites is 1.